The van der Waals surface area contributed by atoms with Gasteiger partial charge in [0.1, 0.15) is 11.2 Å². The van der Waals surface area contributed by atoms with Gasteiger partial charge in [-0.05, 0) is 147 Å². The Hall–Kier alpha value is -6.38. The van der Waals surface area contributed by atoms with E-state index in [-0.39, 0.29) is 5.41 Å². The second-order valence-electron chi connectivity index (χ2n) is 19.3. The molecule has 310 valence electrons. The fourth-order valence-corrected chi connectivity index (χ4v) is 12.0. The number of hydrogen-bond donors (Lipinski definition) is 0. The standard InChI is InChI=1S/C61H55NO/c1-61(2)55-23-13-11-20-49(55)53-38-47(34-35-56(53)61)62(46-32-29-43(30-33-46)42-27-25-41(26-28-42)40-15-5-3-6-16-40)57-39-52(44-17-7-4-8-18-44)48-19-9-10-22-51(48)60(57)45-31-36-59-54(37-45)50-21-12-14-24-58(50)63-59/h9-14,19-40,44H,3-8,15-18H2,1-2H3. The van der Waals surface area contributed by atoms with Gasteiger partial charge in [0.15, 0.2) is 0 Å². The first kappa shape index (κ1) is 38.3. The summed E-state index contributed by atoms with van der Waals surface area (Å²) in [4.78, 5) is 2.58. The van der Waals surface area contributed by atoms with Crippen molar-refractivity contribution in [1.29, 1.82) is 0 Å². The fourth-order valence-electron chi connectivity index (χ4n) is 12.0. The summed E-state index contributed by atoms with van der Waals surface area (Å²) in [6.07, 6.45) is 13.1. The van der Waals surface area contributed by atoms with Crippen LogP contribution in [-0.2, 0) is 5.41 Å². The second kappa shape index (κ2) is 15.5. The molecule has 3 aliphatic carbocycles. The molecular weight excluding hydrogens is 763 g/mol. The maximum absolute atomic E-state index is 6.41. The third kappa shape index (κ3) is 6.52. The zero-order valence-electron chi connectivity index (χ0n) is 36.7. The number of para-hydroxylation sites is 1. The molecule has 0 unspecified atom stereocenters. The van der Waals surface area contributed by atoms with Crippen molar-refractivity contribution in [2.75, 3.05) is 4.90 Å². The number of furan rings is 1. The number of fused-ring (bicyclic) bond motifs is 7. The third-order valence-electron chi connectivity index (χ3n) is 15.3. The molecule has 1 aromatic heterocycles. The van der Waals surface area contributed by atoms with E-state index in [1.165, 1.54) is 142 Å². The molecule has 0 spiro atoms. The summed E-state index contributed by atoms with van der Waals surface area (Å²) in [6, 6.07) is 62.3. The second-order valence-corrected chi connectivity index (χ2v) is 19.3. The Balaban J connectivity index is 1.09. The smallest absolute Gasteiger partial charge is 0.135 e. The number of benzene rings is 8. The normalized spacial score (nSPS) is 16.4. The topological polar surface area (TPSA) is 16.4 Å². The fraction of sp³-hybridized carbons (Fsp3) is 0.246. The highest BCUT2D eigenvalue weighted by Gasteiger charge is 2.36. The first-order valence-corrected chi connectivity index (χ1v) is 23.7. The van der Waals surface area contributed by atoms with Gasteiger partial charge in [-0.25, -0.2) is 0 Å². The number of rotatable bonds is 7. The molecule has 63 heavy (non-hydrogen) atoms. The van der Waals surface area contributed by atoms with Gasteiger partial charge in [0.25, 0.3) is 0 Å². The Morgan fingerprint density at radius 3 is 1.79 bits per heavy atom. The van der Waals surface area contributed by atoms with E-state index < -0.39 is 0 Å². The van der Waals surface area contributed by atoms with Crippen LogP contribution in [0.25, 0.3) is 66.1 Å². The van der Waals surface area contributed by atoms with Crippen molar-refractivity contribution in [3.8, 4) is 33.4 Å². The predicted molar refractivity (Wildman–Crippen MR) is 266 cm³/mol. The quantitative estimate of drug-likeness (QED) is 0.159. The molecular formula is C61H55NO. The van der Waals surface area contributed by atoms with E-state index in [2.05, 4.69) is 183 Å². The van der Waals surface area contributed by atoms with E-state index >= 15 is 0 Å². The van der Waals surface area contributed by atoms with Crippen molar-refractivity contribution in [2.24, 2.45) is 0 Å². The van der Waals surface area contributed by atoms with Crippen molar-refractivity contribution in [1.82, 2.24) is 0 Å². The first-order valence-electron chi connectivity index (χ1n) is 23.7. The van der Waals surface area contributed by atoms with E-state index in [1.807, 2.05) is 0 Å². The van der Waals surface area contributed by atoms with Crippen LogP contribution in [0, 0.1) is 0 Å². The van der Waals surface area contributed by atoms with E-state index in [9.17, 15) is 0 Å². The average Bonchev–Trinajstić information content (AvgIpc) is 3.83. The van der Waals surface area contributed by atoms with Crippen LogP contribution in [0.3, 0.4) is 0 Å². The summed E-state index contributed by atoms with van der Waals surface area (Å²) in [7, 11) is 0. The number of anilines is 3. The molecule has 0 bridgehead atoms. The molecule has 2 nitrogen and oxygen atoms in total. The maximum atomic E-state index is 6.41. The molecule has 0 aliphatic heterocycles. The monoisotopic (exact) mass is 817 g/mol. The van der Waals surface area contributed by atoms with Gasteiger partial charge in [-0.1, -0.05) is 168 Å². The Bertz CT molecular complexity index is 3150. The average molecular weight is 818 g/mol. The molecule has 2 fully saturated rings. The zero-order valence-corrected chi connectivity index (χ0v) is 36.7. The number of nitrogens with zero attached hydrogens (tertiary/aromatic N) is 1. The highest BCUT2D eigenvalue weighted by Crippen LogP contribution is 2.53. The number of hydrogen-bond acceptors (Lipinski definition) is 2. The summed E-state index contributed by atoms with van der Waals surface area (Å²) in [6.45, 7) is 4.76. The molecule has 0 atom stereocenters. The molecule has 9 aromatic rings. The van der Waals surface area contributed by atoms with Crippen LogP contribution in [0.4, 0.5) is 17.1 Å². The van der Waals surface area contributed by atoms with E-state index in [0.717, 1.165) is 27.6 Å². The largest absolute Gasteiger partial charge is 0.456 e. The van der Waals surface area contributed by atoms with Crippen LogP contribution in [0.5, 0.6) is 0 Å². The zero-order chi connectivity index (χ0) is 42.1. The summed E-state index contributed by atoms with van der Waals surface area (Å²) < 4.78 is 6.41. The van der Waals surface area contributed by atoms with Crippen molar-refractivity contribution in [3.05, 3.63) is 186 Å². The van der Waals surface area contributed by atoms with Crippen LogP contribution in [-0.4, -0.2) is 0 Å². The SMILES string of the molecule is CC1(C)c2ccccc2-c2cc(N(c3ccc(-c4ccc(C5CCCCC5)cc4)cc3)c3cc(C4CCCCC4)c4ccccc4c3-c3ccc4oc5ccccc5c4c3)ccc21. The minimum Gasteiger partial charge on any atom is -0.456 e. The van der Waals surface area contributed by atoms with Crippen molar-refractivity contribution in [3.63, 3.8) is 0 Å². The van der Waals surface area contributed by atoms with Crippen LogP contribution in [0.2, 0.25) is 0 Å². The van der Waals surface area contributed by atoms with Crippen LogP contribution >= 0.6 is 0 Å². The lowest BCUT2D eigenvalue weighted by atomic mass is 9.80. The lowest BCUT2D eigenvalue weighted by Crippen LogP contribution is -2.16. The molecule has 12 rings (SSSR count). The molecule has 2 saturated carbocycles. The van der Waals surface area contributed by atoms with Crippen LogP contribution < -0.4 is 4.90 Å². The van der Waals surface area contributed by atoms with Gasteiger partial charge in [0.05, 0.1) is 5.69 Å². The molecule has 0 amide bonds. The predicted octanol–water partition coefficient (Wildman–Crippen LogP) is 17.9. The van der Waals surface area contributed by atoms with Gasteiger partial charge >= 0.3 is 0 Å². The minimum atomic E-state index is -0.0749. The highest BCUT2D eigenvalue weighted by atomic mass is 16.3. The van der Waals surface area contributed by atoms with Gasteiger partial charge in [-0.15, -0.1) is 0 Å². The lowest BCUT2D eigenvalue weighted by Gasteiger charge is -2.32. The molecule has 0 saturated heterocycles. The Labute approximate surface area is 372 Å². The molecule has 3 aliphatic rings. The van der Waals surface area contributed by atoms with E-state index in [4.69, 9.17) is 4.42 Å². The highest BCUT2D eigenvalue weighted by molar-refractivity contribution is 6.11. The van der Waals surface area contributed by atoms with Crippen LogP contribution in [0.1, 0.15) is 112 Å². The minimum absolute atomic E-state index is 0.0749. The summed E-state index contributed by atoms with van der Waals surface area (Å²) in [5, 5.41) is 4.97. The molecule has 1 heterocycles. The van der Waals surface area contributed by atoms with Gasteiger partial charge in [-0.2, -0.15) is 0 Å². The lowest BCUT2D eigenvalue weighted by molar-refractivity contribution is 0.443. The van der Waals surface area contributed by atoms with Gasteiger partial charge in [-0.3, -0.25) is 0 Å². The Morgan fingerprint density at radius 2 is 1.03 bits per heavy atom. The Morgan fingerprint density at radius 1 is 0.444 bits per heavy atom. The van der Waals surface area contributed by atoms with E-state index in [1.54, 1.807) is 0 Å². The van der Waals surface area contributed by atoms with Crippen molar-refractivity contribution in [2.45, 2.75) is 95.3 Å². The summed E-state index contributed by atoms with van der Waals surface area (Å²) in [5.74, 6) is 1.22. The first-order chi connectivity index (χ1) is 31.0. The van der Waals surface area contributed by atoms with E-state index in [0.29, 0.717) is 11.8 Å². The van der Waals surface area contributed by atoms with Gasteiger partial charge in [0, 0.05) is 33.1 Å². The van der Waals surface area contributed by atoms with Gasteiger partial charge < -0.3 is 9.32 Å². The molecule has 0 N–H and O–H groups in total. The van der Waals surface area contributed by atoms with Crippen molar-refractivity contribution >= 4 is 49.8 Å². The molecule has 2 heteroatoms. The molecule has 8 aromatic carbocycles. The van der Waals surface area contributed by atoms with Crippen molar-refractivity contribution < 1.29 is 4.42 Å². The van der Waals surface area contributed by atoms with Gasteiger partial charge in [0.2, 0.25) is 0 Å². The third-order valence-corrected chi connectivity index (χ3v) is 15.3. The summed E-state index contributed by atoms with van der Waals surface area (Å²) >= 11 is 0. The summed E-state index contributed by atoms with van der Waals surface area (Å²) in [5.41, 5.74) is 18.7. The molecule has 0 radical (unpaired) electrons. The van der Waals surface area contributed by atoms with Crippen LogP contribution in [0.15, 0.2) is 168 Å². The maximum Gasteiger partial charge on any atom is 0.135 e. The Kier molecular flexibility index (Phi) is 9.40.